The van der Waals surface area contributed by atoms with Crippen LogP contribution in [0.25, 0.3) is 11.0 Å². The molecule has 2 aliphatic heterocycles. The first-order chi connectivity index (χ1) is 19.0. The molecule has 0 radical (unpaired) electrons. The van der Waals surface area contributed by atoms with Crippen molar-refractivity contribution in [1.29, 1.82) is 0 Å². The molecule has 1 atom stereocenters. The molecule has 1 unspecified atom stereocenters. The molecular weight excluding hydrogens is 514 g/mol. The maximum atomic E-state index is 14.3. The lowest BCUT2D eigenvalue weighted by Crippen LogP contribution is -2.33. The van der Waals surface area contributed by atoms with Crippen molar-refractivity contribution in [1.82, 2.24) is 24.6 Å². The first kappa shape index (κ1) is 24.6. The number of allylic oxidation sites excluding steroid dienone is 1. The van der Waals surface area contributed by atoms with Crippen LogP contribution in [0.1, 0.15) is 71.8 Å². The molecule has 6 nitrogen and oxygen atoms in total. The van der Waals surface area contributed by atoms with Crippen molar-refractivity contribution in [2.24, 2.45) is 4.99 Å². The van der Waals surface area contributed by atoms with Gasteiger partial charge in [0.1, 0.15) is 11.6 Å². The normalized spacial score (nSPS) is 20.1. The van der Waals surface area contributed by atoms with Gasteiger partial charge in [0.05, 0.1) is 28.7 Å². The van der Waals surface area contributed by atoms with Crippen molar-refractivity contribution in [2.45, 2.75) is 56.4 Å². The van der Waals surface area contributed by atoms with Crippen LogP contribution in [0.15, 0.2) is 59.2 Å². The second kappa shape index (κ2) is 9.93. The molecule has 1 aliphatic carbocycles. The summed E-state index contributed by atoms with van der Waals surface area (Å²) < 4.78 is 30.6. The lowest BCUT2D eigenvalue weighted by atomic mass is 9.94. The SMILES string of the molecule is C=C(Cn1nc(C2CC2)c2cccnc21)N1CCC(c2nc(C3=NCC(c4c(F)cccc4F)C3)cs2)CC1. The minimum absolute atomic E-state index is 0.141. The van der Waals surface area contributed by atoms with E-state index in [0.717, 1.165) is 53.7 Å². The zero-order valence-corrected chi connectivity index (χ0v) is 22.5. The summed E-state index contributed by atoms with van der Waals surface area (Å²) in [5.41, 5.74) is 5.04. The first-order valence-corrected chi connectivity index (χ1v) is 14.6. The predicted octanol–water partition coefficient (Wildman–Crippen LogP) is 6.41. The van der Waals surface area contributed by atoms with Gasteiger partial charge < -0.3 is 4.90 Å². The Bertz CT molecular complexity index is 1560. The molecule has 0 N–H and O–H groups in total. The fraction of sp³-hybridized carbons (Fsp3) is 0.400. The molecule has 39 heavy (non-hydrogen) atoms. The van der Waals surface area contributed by atoms with Gasteiger partial charge >= 0.3 is 0 Å². The summed E-state index contributed by atoms with van der Waals surface area (Å²) in [7, 11) is 0. The second-order valence-corrected chi connectivity index (χ2v) is 11.8. The number of pyridine rings is 1. The van der Waals surface area contributed by atoms with Gasteiger partial charge in [-0.25, -0.2) is 23.4 Å². The number of halogens is 2. The molecule has 1 saturated carbocycles. The molecule has 0 spiro atoms. The highest BCUT2D eigenvalue weighted by molar-refractivity contribution is 7.10. The maximum absolute atomic E-state index is 14.3. The summed E-state index contributed by atoms with van der Waals surface area (Å²) in [5, 5.41) is 9.27. The summed E-state index contributed by atoms with van der Waals surface area (Å²) in [6, 6.07) is 8.16. The number of aliphatic imine (C=N–C) groups is 1. The molecule has 3 aromatic heterocycles. The molecule has 1 saturated heterocycles. The molecule has 7 rings (SSSR count). The number of rotatable bonds is 7. The molecule has 5 heterocycles. The van der Waals surface area contributed by atoms with Gasteiger partial charge in [0.2, 0.25) is 0 Å². The molecule has 4 aromatic rings. The van der Waals surface area contributed by atoms with E-state index in [0.29, 0.717) is 31.3 Å². The number of fused-ring (bicyclic) bond motifs is 1. The maximum Gasteiger partial charge on any atom is 0.158 e. The Morgan fingerprint density at radius 1 is 1.00 bits per heavy atom. The molecular formula is C30H30F2N6S. The summed E-state index contributed by atoms with van der Waals surface area (Å²) in [6.07, 6.45) is 6.79. The lowest BCUT2D eigenvalue weighted by Gasteiger charge is -2.34. The van der Waals surface area contributed by atoms with Crippen LogP contribution >= 0.6 is 11.3 Å². The van der Waals surface area contributed by atoms with Gasteiger partial charge in [-0.05, 0) is 49.9 Å². The third kappa shape index (κ3) is 4.67. The summed E-state index contributed by atoms with van der Waals surface area (Å²) in [5.74, 6) is -0.300. The predicted molar refractivity (Wildman–Crippen MR) is 149 cm³/mol. The summed E-state index contributed by atoms with van der Waals surface area (Å²) in [4.78, 5) is 16.5. The highest BCUT2D eigenvalue weighted by Gasteiger charge is 2.31. The Morgan fingerprint density at radius 3 is 2.56 bits per heavy atom. The number of hydrogen-bond donors (Lipinski definition) is 0. The Labute approximate surface area is 230 Å². The quantitative estimate of drug-likeness (QED) is 0.270. The third-order valence-electron chi connectivity index (χ3n) is 8.29. The zero-order chi connectivity index (χ0) is 26.5. The summed E-state index contributed by atoms with van der Waals surface area (Å²) in [6.45, 7) is 7.30. The fourth-order valence-electron chi connectivity index (χ4n) is 5.99. The number of piperidine rings is 1. The highest BCUT2D eigenvalue weighted by Crippen LogP contribution is 2.42. The topological polar surface area (TPSA) is 59.2 Å². The third-order valence-corrected chi connectivity index (χ3v) is 9.30. The van der Waals surface area contributed by atoms with E-state index in [1.54, 1.807) is 11.3 Å². The first-order valence-electron chi connectivity index (χ1n) is 13.7. The van der Waals surface area contributed by atoms with E-state index in [2.05, 4.69) is 27.5 Å². The van der Waals surface area contributed by atoms with E-state index < -0.39 is 11.6 Å². The molecule has 2 fully saturated rings. The number of benzene rings is 1. The molecule has 200 valence electrons. The average Bonchev–Trinajstić information content (AvgIpc) is 3.33. The highest BCUT2D eigenvalue weighted by atomic mass is 32.1. The van der Waals surface area contributed by atoms with Crippen molar-refractivity contribution in [3.63, 3.8) is 0 Å². The molecule has 1 aromatic carbocycles. The van der Waals surface area contributed by atoms with Crippen LogP contribution in [-0.2, 0) is 6.54 Å². The largest absolute Gasteiger partial charge is 0.374 e. The number of thiazole rings is 1. The van der Waals surface area contributed by atoms with Crippen molar-refractivity contribution in [3.8, 4) is 0 Å². The smallest absolute Gasteiger partial charge is 0.158 e. The van der Waals surface area contributed by atoms with E-state index in [-0.39, 0.29) is 11.5 Å². The minimum atomic E-state index is -0.496. The molecule has 0 bridgehead atoms. The van der Waals surface area contributed by atoms with Gasteiger partial charge in [-0.3, -0.25) is 4.99 Å². The minimum Gasteiger partial charge on any atom is -0.374 e. The fourth-order valence-corrected chi connectivity index (χ4v) is 6.99. The molecule has 9 heteroatoms. The average molecular weight is 545 g/mol. The number of nitrogens with zero attached hydrogens (tertiary/aromatic N) is 6. The molecule has 3 aliphatic rings. The van der Waals surface area contributed by atoms with Crippen molar-refractivity contribution in [3.05, 3.63) is 87.8 Å². The van der Waals surface area contributed by atoms with Crippen LogP contribution < -0.4 is 0 Å². The van der Waals surface area contributed by atoms with Crippen LogP contribution in [-0.4, -0.2) is 50.0 Å². The van der Waals surface area contributed by atoms with E-state index in [1.807, 2.05) is 22.3 Å². The van der Waals surface area contributed by atoms with Crippen molar-refractivity contribution in [2.75, 3.05) is 19.6 Å². The monoisotopic (exact) mass is 544 g/mol. The summed E-state index contributed by atoms with van der Waals surface area (Å²) >= 11 is 1.67. The van der Waals surface area contributed by atoms with Crippen LogP contribution in [0.5, 0.6) is 0 Å². The standard InChI is InChI=1S/C30H30F2N6S/c1-18(16-38-29-22(4-3-11-33-29)28(36-38)19-7-8-19)37-12-9-20(10-13-37)30-35-26(17-39-30)25-14-21(15-34-25)27-23(31)5-2-6-24(27)32/h2-6,11,17,19-21H,1,7-10,12-16H2. The Hall–Kier alpha value is -3.46. The van der Waals surface area contributed by atoms with Crippen molar-refractivity contribution < 1.29 is 8.78 Å². The van der Waals surface area contributed by atoms with Crippen LogP contribution in [0.3, 0.4) is 0 Å². The Balaban J connectivity index is 0.973. The number of hydrogen-bond acceptors (Lipinski definition) is 6. The van der Waals surface area contributed by atoms with Gasteiger partial charge in [0.25, 0.3) is 0 Å². The van der Waals surface area contributed by atoms with E-state index >= 15 is 0 Å². The van der Waals surface area contributed by atoms with Gasteiger partial charge in [-0.15, -0.1) is 11.3 Å². The van der Waals surface area contributed by atoms with Gasteiger partial charge in [0, 0.05) is 72.0 Å². The van der Waals surface area contributed by atoms with Crippen LogP contribution in [0.4, 0.5) is 8.78 Å². The van der Waals surface area contributed by atoms with Gasteiger partial charge in [0.15, 0.2) is 5.65 Å². The van der Waals surface area contributed by atoms with Crippen molar-refractivity contribution >= 4 is 28.1 Å². The van der Waals surface area contributed by atoms with Gasteiger partial charge in [-0.2, -0.15) is 5.10 Å². The van der Waals surface area contributed by atoms with E-state index in [9.17, 15) is 8.78 Å². The Kier molecular flexibility index (Phi) is 6.26. The number of aromatic nitrogens is 4. The zero-order valence-electron chi connectivity index (χ0n) is 21.7. The second-order valence-electron chi connectivity index (χ2n) is 10.9. The molecule has 0 amide bonds. The number of likely N-dealkylation sites (tertiary alicyclic amines) is 1. The van der Waals surface area contributed by atoms with E-state index in [4.69, 9.17) is 10.1 Å². The van der Waals surface area contributed by atoms with Crippen LogP contribution in [0.2, 0.25) is 0 Å². The van der Waals surface area contributed by atoms with E-state index in [1.165, 1.54) is 42.1 Å². The Morgan fingerprint density at radius 2 is 1.79 bits per heavy atom. The lowest BCUT2D eigenvalue weighted by molar-refractivity contribution is 0.252. The van der Waals surface area contributed by atoms with Crippen LogP contribution in [0, 0.1) is 11.6 Å². The van der Waals surface area contributed by atoms with Gasteiger partial charge in [-0.1, -0.05) is 12.6 Å².